The standard InChI is InChI=1S/C17H13N5O3S/c23-16(19-14-6-1-2-7-15(14)22(24)25)11-26-17-9-8-13(20-21-17)12-5-3-4-10-18-12/h1-10H,11H2,(H,19,23). The quantitative estimate of drug-likeness (QED) is 0.404. The number of pyridine rings is 1. The van der Waals surface area contributed by atoms with E-state index in [-0.39, 0.29) is 23.0 Å². The van der Waals surface area contributed by atoms with E-state index in [0.717, 1.165) is 0 Å². The van der Waals surface area contributed by atoms with Crippen LogP contribution in [0.4, 0.5) is 11.4 Å². The molecule has 130 valence electrons. The molecule has 0 spiro atoms. The van der Waals surface area contributed by atoms with Gasteiger partial charge in [0.1, 0.15) is 16.4 Å². The molecule has 0 fully saturated rings. The monoisotopic (exact) mass is 367 g/mol. The molecule has 1 amide bonds. The first kappa shape index (κ1) is 17.5. The third-order valence-electron chi connectivity index (χ3n) is 3.29. The molecule has 0 aliphatic carbocycles. The number of nitrogens with one attached hydrogen (secondary N) is 1. The summed E-state index contributed by atoms with van der Waals surface area (Å²) in [7, 11) is 0. The number of carbonyl (C=O) groups excluding carboxylic acids is 1. The number of aromatic nitrogens is 3. The molecule has 0 bridgehead atoms. The zero-order valence-corrected chi connectivity index (χ0v) is 14.2. The first-order valence-electron chi connectivity index (χ1n) is 7.54. The maximum atomic E-state index is 12.0. The molecule has 8 nitrogen and oxygen atoms in total. The van der Waals surface area contributed by atoms with Gasteiger partial charge in [0, 0.05) is 12.3 Å². The van der Waals surface area contributed by atoms with Gasteiger partial charge in [-0.25, -0.2) is 0 Å². The molecule has 3 aromatic rings. The molecular weight excluding hydrogens is 354 g/mol. The Bertz CT molecular complexity index is 919. The lowest BCUT2D eigenvalue weighted by atomic mass is 10.2. The van der Waals surface area contributed by atoms with Crippen LogP contribution in [0.3, 0.4) is 0 Å². The Hall–Kier alpha value is -3.33. The largest absolute Gasteiger partial charge is 0.320 e. The van der Waals surface area contributed by atoms with Crippen LogP contribution in [0.2, 0.25) is 0 Å². The second-order valence-corrected chi connectivity index (χ2v) is 6.08. The molecule has 0 aliphatic rings. The van der Waals surface area contributed by atoms with E-state index in [1.807, 2.05) is 18.2 Å². The van der Waals surface area contributed by atoms with E-state index in [2.05, 4.69) is 20.5 Å². The van der Waals surface area contributed by atoms with Crippen LogP contribution >= 0.6 is 11.8 Å². The number of rotatable bonds is 6. The summed E-state index contributed by atoms with van der Waals surface area (Å²) >= 11 is 1.19. The number of nitro benzene ring substituents is 1. The van der Waals surface area contributed by atoms with Gasteiger partial charge in [0.25, 0.3) is 5.69 Å². The van der Waals surface area contributed by atoms with Gasteiger partial charge in [0.2, 0.25) is 5.91 Å². The molecule has 1 aromatic carbocycles. The summed E-state index contributed by atoms with van der Waals surface area (Å²) in [6.45, 7) is 0. The van der Waals surface area contributed by atoms with Gasteiger partial charge in [-0.2, -0.15) is 0 Å². The van der Waals surface area contributed by atoms with E-state index in [1.165, 1.54) is 23.9 Å². The number of amides is 1. The first-order valence-corrected chi connectivity index (χ1v) is 8.53. The fourth-order valence-electron chi connectivity index (χ4n) is 2.11. The molecule has 0 atom stereocenters. The summed E-state index contributed by atoms with van der Waals surface area (Å²) in [5.74, 6) is -0.302. The summed E-state index contributed by atoms with van der Waals surface area (Å²) in [5.41, 5.74) is 1.37. The smallest absolute Gasteiger partial charge is 0.292 e. The van der Waals surface area contributed by atoms with E-state index in [1.54, 1.807) is 30.5 Å². The third-order valence-corrected chi connectivity index (χ3v) is 4.21. The van der Waals surface area contributed by atoms with E-state index in [4.69, 9.17) is 0 Å². The van der Waals surface area contributed by atoms with Gasteiger partial charge in [-0.3, -0.25) is 19.9 Å². The molecule has 0 aliphatic heterocycles. The van der Waals surface area contributed by atoms with Gasteiger partial charge >= 0.3 is 0 Å². The molecule has 1 N–H and O–H groups in total. The predicted octanol–water partition coefficient (Wildman–Crippen LogP) is 3.18. The van der Waals surface area contributed by atoms with Gasteiger partial charge in [-0.05, 0) is 30.3 Å². The highest BCUT2D eigenvalue weighted by atomic mass is 32.2. The van der Waals surface area contributed by atoms with Crippen molar-refractivity contribution >= 4 is 29.0 Å². The van der Waals surface area contributed by atoms with Crippen molar-refractivity contribution in [1.82, 2.24) is 15.2 Å². The van der Waals surface area contributed by atoms with Gasteiger partial charge in [0.15, 0.2) is 0 Å². The average Bonchev–Trinajstić information content (AvgIpc) is 2.68. The summed E-state index contributed by atoms with van der Waals surface area (Å²) in [6.07, 6.45) is 1.67. The Labute approximate surface area is 152 Å². The Morgan fingerprint density at radius 2 is 1.85 bits per heavy atom. The number of hydrogen-bond donors (Lipinski definition) is 1. The van der Waals surface area contributed by atoms with Gasteiger partial charge in [0.05, 0.1) is 16.4 Å². The Morgan fingerprint density at radius 1 is 1.04 bits per heavy atom. The third kappa shape index (κ3) is 4.39. The van der Waals surface area contributed by atoms with Crippen molar-refractivity contribution in [2.75, 3.05) is 11.1 Å². The maximum absolute atomic E-state index is 12.0. The number of anilines is 1. The second-order valence-electron chi connectivity index (χ2n) is 5.08. The zero-order valence-electron chi connectivity index (χ0n) is 13.4. The van der Waals surface area contributed by atoms with Crippen molar-refractivity contribution in [3.8, 4) is 11.4 Å². The minimum atomic E-state index is -0.537. The van der Waals surface area contributed by atoms with Crippen LogP contribution in [0.15, 0.2) is 65.8 Å². The van der Waals surface area contributed by atoms with Gasteiger partial charge < -0.3 is 5.32 Å². The fourth-order valence-corrected chi connectivity index (χ4v) is 2.73. The number of thioether (sulfide) groups is 1. The normalized spacial score (nSPS) is 10.3. The van der Waals surface area contributed by atoms with Crippen LogP contribution in [-0.4, -0.2) is 31.8 Å². The van der Waals surface area contributed by atoms with E-state index in [0.29, 0.717) is 16.4 Å². The molecule has 0 saturated heterocycles. The van der Waals surface area contributed by atoms with E-state index < -0.39 is 4.92 Å². The lowest BCUT2D eigenvalue weighted by Crippen LogP contribution is -2.15. The number of nitrogens with zero attached hydrogens (tertiary/aromatic N) is 4. The van der Waals surface area contributed by atoms with Crippen LogP contribution < -0.4 is 5.32 Å². The summed E-state index contributed by atoms with van der Waals surface area (Å²) in [4.78, 5) is 26.7. The topological polar surface area (TPSA) is 111 Å². The molecule has 2 aromatic heterocycles. The van der Waals surface area contributed by atoms with Crippen molar-refractivity contribution < 1.29 is 9.72 Å². The fraction of sp³-hybridized carbons (Fsp3) is 0.0588. The van der Waals surface area contributed by atoms with Crippen molar-refractivity contribution in [1.29, 1.82) is 0 Å². The van der Waals surface area contributed by atoms with Gasteiger partial charge in [-0.1, -0.05) is 30.0 Å². The Morgan fingerprint density at radius 3 is 2.54 bits per heavy atom. The maximum Gasteiger partial charge on any atom is 0.292 e. The lowest BCUT2D eigenvalue weighted by Gasteiger charge is -2.05. The number of hydrogen-bond acceptors (Lipinski definition) is 7. The zero-order chi connectivity index (χ0) is 18.4. The van der Waals surface area contributed by atoms with Crippen LogP contribution in [-0.2, 0) is 4.79 Å². The number of para-hydroxylation sites is 2. The van der Waals surface area contributed by atoms with Crippen molar-refractivity contribution in [2.24, 2.45) is 0 Å². The summed E-state index contributed by atoms with van der Waals surface area (Å²) in [5, 5.41) is 22.2. The highest BCUT2D eigenvalue weighted by Crippen LogP contribution is 2.24. The summed E-state index contributed by atoms with van der Waals surface area (Å²) in [6, 6.07) is 15.0. The van der Waals surface area contributed by atoms with Crippen molar-refractivity contribution in [3.05, 3.63) is 70.9 Å². The highest BCUT2D eigenvalue weighted by molar-refractivity contribution is 7.99. The molecule has 26 heavy (non-hydrogen) atoms. The molecule has 0 saturated carbocycles. The Kier molecular flexibility index (Phi) is 5.49. The van der Waals surface area contributed by atoms with Crippen LogP contribution in [0.1, 0.15) is 0 Å². The van der Waals surface area contributed by atoms with Crippen molar-refractivity contribution in [3.63, 3.8) is 0 Å². The number of benzene rings is 1. The van der Waals surface area contributed by atoms with Crippen LogP contribution in [0.25, 0.3) is 11.4 Å². The minimum Gasteiger partial charge on any atom is -0.320 e. The van der Waals surface area contributed by atoms with Crippen molar-refractivity contribution in [2.45, 2.75) is 5.03 Å². The molecule has 9 heteroatoms. The molecule has 0 radical (unpaired) electrons. The second kappa shape index (κ2) is 8.17. The first-order chi connectivity index (χ1) is 12.6. The highest BCUT2D eigenvalue weighted by Gasteiger charge is 2.15. The molecular formula is C17H13N5O3S. The van der Waals surface area contributed by atoms with E-state index >= 15 is 0 Å². The Balaban J connectivity index is 1.59. The molecule has 3 rings (SSSR count). The number of nitro groups is 1. The van der Waals surface area contributed by atoms with E-state index in [9.17, 15) is 14.9 Å². The molecule has 0 unspecified atom stereocenters. The SMILES string of the molecule is O=C(CSc1ccc(-c2ccccn2)nn1)Nc1ccccc1[N+](=O)[O-]. The van der Waals surface area contributed by atoms with Gasteiger partial charge in [-0.15, -0.1) is 10.2 Å². The van der Waals surface area contributed by atoms with Crippen LogP contribution in [0, 0.1) is 10.1 Å². The minimum absolute atomic E-state index is 0.0592. The summed E-state index contributed by atoms with van der Waals surface area (Å²) < 4.78 is 0. The number of carbonyl (C=O) groups is 1. The molecule has 2 heterocycles. The average molecular weight is 367 g/mol. The van der Waals surface area contributed by atoms with Crippen LogP contribution in [0.5, 0.6) is 0 Å². The predicted molar refractivity (Wildman–Crippen MR) is 97.7 cm³/mol. The lowest BCUT2D eigenvalue weighted by molar-refractivity contribution is -0.383.